The van der Waals surface area contributed by atoms with Crippen molar-refractivity contribution in [2.24, 2.45) is 15.0 Å². The van der Waals surface area contributed by atoms with Crippen LogP contribution in [0.5, 0.6) is 0 Å². The Morgan fingerprint density at radius 3 is 1.93 bits per heavy atom. The van der Waals surface area contributed by atoms with Crippen LogP contribution in [0.25, 0.3) is 11.1 Å². The minimum absolute atomic E-state index is 0. The van der Waals surface area contributed by atoms with Crippen molar-refractivity contribution in [3.05, 3.63) is 94.5 Å². The molecule has 7 heteroatoms. The van der Waals surface area contributed by atoms with Crippen LogP contribution in [-0.4, -0.2) is 23.4 Å². The number of aromatic nitrogens is 1. The summed E-state index contributed by atoms with van der Waals surface area (Å²) < 4.78 is 0. The van der Waals surface area contributed by atoms with E-state index in [2.05, 4.69) is 13.8 Å². The standard InChI is InChI=1S/C34H38N4O2.Cu/c1-3-5-7-9-11-23-27-13-17-31(35-27)25(21-39)33-19-15-29(37-33)24(12-10-8-6-4-2)30-16-20-34(38-30)26(22-40)32-18-14-28(23)36-32;/h13-22H,3-12H2,1-2H3,(H2,35,36,37,38,39,40);/q;+2/p-2. The average Bonchev–Trinajstić information content (AvgIpc) is 3.78. The Balaban J connectivity index is 0.00000387. The molecule has 0 N–H and O–H groups in total. The molecule has 0 amide bonds. The predicted molar refractivity (Wildman–Crippen MR) is 162 cm³/mol. The van der Waals surface area contributed by atoms with E-state index in [0.717, 1.165) is 97.9 Å². The molecule has 1 radical (unpaired) electrons. The van der Waals surface area contributed by atoms with E-state index in [-0.39, 0.29) is 17.1 Å². The fraction of sp³-hybridized carbons (Fsp3) is 0.353. The molecule has 41 heavy (non-hydrogen) atoms. The van der Waals surface area contributed by atoms with Gasteiger partial charge in [0.05, 0.1) is 39.8 Å². The minimum Gasteiger partial charge on any atom is -0.877 e. The number of rotatable bonds is 11. The maximum atomic E-state index is 12.3. The first kappa shape index (κ1) is 30.4. The molecule has 0 spiro atoms. The minimum atomic E-state index is 0. The Labute approximate surface area is 253 Å². The number of hydrogen-bond donors (Lipinski definition) is 0. The summed E-state index contributed by atoms with van der Waals surface area (Å²) in [7, 11) is 0. The summed E-state index contributed by atoms with van der Waals surface area (Å²) in [6, 6.07) is 3.86. The summed E-state index contributed by atoms with van der Waals surface area (Å²) >= 11 is 0. The van der Waals surface area contributed by atoms with Gasteiger partial charge in [-0.2, -0.15) is 0 Å². The number of hydrogen-bond acceptors (Lipinski definition) is 5. The normalized spacial score (nSPS) is 18.4. The molecule has 0 aliphatic carbocycles. The molecule has 1 aromatic rings. The third kappa shape index (κ3) is 6.69. The summed E-state index contributed by atoms with van der Waals surface area (Å²) in [5.74, 6) is 0. The maximum Gasteiger partial charge on any atom is 2.00 e. The van der Waals surface area contributed by atoms with Crippen molar-refractivity contribution < 1.29 is 27.0 Å². The third-order valence-electron chi connectivity index (χ3n) is 7.70. The molecule has 0 aromatic carbocycles. The fourth-order valence-electron chi connectivity index (χ4n) is 5.46. The molecule has 0 saturated heterocycles. The zero-order chi connectivity index (χ0) is 27.9. The quantitative estimate of drug-likeness (QED) is 0.123. The number of unbranched alkanes of at least 4 members (excludes halogenated alkanes) is 6. The van der Waals surface area contributed by atoms with Crippen LogP contribution in [0.3, 0.4) is 0 Å². The van der Waals surface area contributed by atoms with Crippen molar-refractivity contribution in [3.63, 3.8) is 0 Å². The molecule has 0 unspecified atom stereocenters. The van der Waals surface area contributed by atoms with Gasteiger partial charge in [0.25, 0.3) is 0 Å². The first-order chi connectivity index (χ1) is 19.7. The van der Waals surface area contributed by atoms with Crippen molar-refractivity contribution in [3.8, 4) is 0 Å². The second-order valence-corrected chi connectivity index (χ2v) is 10.5. The Bertz CT molecular complexity index is 1490. The number of aliphatic imine (C=N–C) groups is 3. The van der Waals surface area contributed by atoms with Gasteiger partial charge >= 0.3 is 17.1 Å². The monoisotopic (exact) mass is 595 g/mol. The molecule has 215 valence electrons. The van der Waals surface area contributed by atoms with Gasteiger partial charge in [0.15, 0.2) is 6.29 Å². The van der Waals surface area contributed by atoms with E-state index in [0.29, 0.717) is 34.0 Å². The number of allylic oxidation sites excluding steroid dienone is 10. The van der Waals surface area contributed by atoms with Crippen molar-refractivity contribution in [1.29, 1.82) is 0 Å². The van der Waals surface area contributed by atoms with Gasteiger partial charge in [-0.15, -0.1) is 17.6 Å². The van der Waals surface area contributed by atoms with Crippen LogP contribution < -0.4 is 10.1 Å². The van der Waals surface area contributed by atoms with Gasteiger partial charge in [-0.1, -0.05) is 64.5 Å². The van der Waals surface area contributed by atoms with E-state index in [1.54, 1.807) is 0 Å². The first-order valence-corrected chi connectivity index (χ1v) is 14.6. The van der Waals surface area contributed by atoms with Crippen LogP contribution in [0.2, 0.25) is 0 Å². The maximum absolute atomic E-state index is 12.3. The number of aldehydes is 1. The second-order valence-electron chi connectivity index (χ2n) is 10.5. The van der Waals surface area contributed by atoms with Gasteiger partial charge in [0.1, 0.15) is 0 Å². The third-order valence-corrected chi connectivity index (χ3v) is 7.70. The van der Waals surface area contributed by atoms with E-state index >= 15 is 0 Å². The largest absolute Gasteiger partial charge is 2.00 e. The van der Waals surface area contributed by atoms with Crippen molar-refractivity contribution >= 4 is 34.6 Å². The smallest absolute Gasteiger partial charge is 0.877 e. The summed E-state index contributed by atoms with van der Waals surface area (Å²) in [6.45, 7) is 4.39. The second kappa shape index (κ2) is 14.4. The molecular weight excluding hydrogens is 560 g/mol. The number of fused-ring (bicyclic) bond motifs is 5. The Kier molecular flexibility index (Phi) is 10.7. The molecule has 4 aliphatic rings. The van der Waals surface area contributed by atoms with Crippen molar-refractivity contribution in [2.45, 2.75) is 78.1 Å². The summed E-state index contributed by atoms with van der Waals surface area (Å²) in [5, 5.41) is 12.3. The SMILES string of the molecule is CCCCCCC1=C2C=CC(=N2)/C(=C/[O-])c2ccc([n-]2)C(CCCCCC)=C2C=CC(=N2)C(C=O)=C2C=CC1=N2.[Cu+2]. The Morgan fingerprint density at radius 2 is 1.24 bits per heavy atom. The molecule has 4 aliphatic heterocycles. The zero-order valence-corrected chi connectivity index (χ0v) is 24.7. The van der Waals surface area contributed by atoms with E-state index in [1.165, 1.54) is 12.8 Å². The Hall–Kier alpha value is -3.54. The van der Waals surface area contributed by atoms with E-state index < -0.39 is 0 Å². The molecule has 5 rings (SSSR count). The van der Waals surface area contributed by atoms with Gasteiger partial charge in [0, 0.05) is 5.57 Å². The van der Waals surface area contributed by atoms with Crippen molar-refractivity contribution in [1.82, 2.24) is 4.98 Å². The van der Waals surface area contributed by atoms with Crippen LogP contribution in [0.1, 0.15) is 89.4 Å². The topological polar surface area (TPSA) is 91.3 Å². The zero-order valence-electron chi connectivity index (χ0n) is 23.8. The average molecular weight is 596 g/mol. The summed E-state index contributed by atoms with van der Waals surface area (Å²) in [6.07, 6.45) is 23.8. The number of nitrogens with zero attached hydrogens (tertiary/aromatic N) is 4. The van der Waals surface area contributed by atoms with Gasteiger partial charge < -0.3 is 10.1 Å². The van der Waals surface area contributed by atoms with Gasteiger partial charge in [0.2, 0.25) is 0 Å². The van der Waals surface area contributed by atoms with E-state index in [1.807, 2.05) is 48.6 Å². The Morgan fingerprint density at radius 1 is 0.683 bits per heavy atom. The first-order valence-electron chi connectivity index (χ1n) is 14.6. The van der Waals surface area contributed by atoms with Crippen LogP contribution in [0.4, 0.5) is 0 Å². The predicted octanol–water partition coefficient (Wildman–Crippen LogP) is 6.75. The van der Waals surface area contributed by atoms with Crippen molar-refractivity contribution in [2.75, 3.05) is 0 Å². The van der Waals surface area contributed by atoms with Crippen LogP contribution in [0.15, 0.2) is 98.1 Å². The molecule has 0 saturated carbocycles. The van der Waals surface area contributed by atoms with E-state index in [4.69, 9.17) is 20.0 Å². The number of carbonyl (C=O) groups is 1. The molecule has 0 fully saturated rings. The molecule has 5 heterocycles. The van der Waals surface area contributed by atoms with E-state index in [9.17, 15) is 9.90 Å². The van der Waals surface area contributed by atoms with Gasteiger partial charge in [-0.3, -0.25) is 4.79 Å². The summed E-state index contributed by atoms with van der Waals surface area (Å²) in [5.41, 5.74) is 8.65. The molecule has 0 atom stereocenters. The fourth-order valence-corrected chi connectivity index (χ4v) is 5.46. The van der Waals surface area contributed by atoms with Crippen LogP contribution >= 0.6 is 0 Å². The van der Waals surface area contributed by atoms with Gasteiger partial charge in [-0.05, 0) is 73.3 Å². The molecular formula is C34H36CuN4O2. The van der Waals surface area contributed by atoms with Gasteiger partial charge in [-0.25, -0.2) is 15.0 Å². The van der Waals surface area contributed by atoms with Crippen LogP contribution in [-0.2, 0) is 21.9 Å². The van der Waals surface area contributed by atoms with Crippen LogP contribution in [0, 0.1) is 0 Å². The molecule has 6 nitrogen and oxygen atoms in total. The summed E-state index contributed by atoms with van der Waals surface area (Å²) in [4.78, 5) is 31.9. The molecule has 1 aromatic heterocycles. The number of carbonyl (C=O) groups excluding carboxylic acids is 1. The molecule has 8 bridgehead atoms.